The highest BCUT2D eigenvalue weighted by atomic mass is 79.9. The molecule has 0 saturated heterocycles. The lowest BCUT2D eigenvalue weighted by molar-refractivity contribution is 0.277. The Morgan fingerprint density at radius 3 is 2.75 bits per heavy atom. The number of hydrogen-bond acceptors (Lipinski definition) is 3. The minimum atomic E-state index is -0.0173. The van der Waals surface area contributed by atoms with Gasteiger partial charge in [0.1, 0.15) is 0 Å². The molecule has 1 aromatic heterocycles. The smallest absolute Gasteiger partial charge is 0.0449 e. The molecule has 0 fully saturated rings. The molecule has 0 aliphatic rings. The molecule has 0 saturated carbocycles. The molecular formula is C7H11BrClNOS. The Morgan fingerprint density at radius 1 is 1.67 bits per heavy atom. The van der Waals surface area contributed by atoms with Crippen molar-refractivity contribution in [2.75, 3.05) is 6.61 Å². The van der Waals surface area contributed by atoms with Crippen LogP contribution in [0.3, 0.4) is 0 Å². The summed E-state index contributed by atoms with van der Waals surface area (Å²) in [6.45, 7) is 0.149. The molecule has 0 bridgehead atoms. The zero-order valence-electron chi connectivity index (χ0n) is 6.37. The highest BCUT2D eigenvalue weighted by Crippen LogP contribution is 2.25. The lowest BCUT2D eigenvalue weighted by Gasteiger charge is -2.05. The Balaban J connectivity index is 0.00000121. The Morgan fingerprint density at radius 2 is 2.33 bits per heavy atom. The van der Waals surface area contributed by atoms with Gasteiger partial charge in [-0.2, -0.15) is 0 Å². The highest BCUT2D eigenvalue weighted by molar-refractivity contribution is 9.10. The van der Waals surface area contributed by atoms with E-state index >= 15 is 0 Å². The van der Waals surface area contributed by atoms with Gasteiger partial charge in [0.05, 0.1) is 0 Å². The van der Waals surface area contributed by atoms with E-state index in [1.165, 1.54) is 0 Å². The van der Waals surface area contributed by atoms with Gasteiger partial charge in [-0.15, -0.1) is 23.7 Å². The Bertz CT molecular complexity index is 231. The van der Waals surface area contributed by atoms with Crippen LogP contribution in [0.15, 0.2) is 15.9 Å². The summed E-state index contributed by atoms with van der Waals surface area (Å²) in [6.07, 6.45) is 0.632. The van der Waals surface area contributed by atoms with E-state index in [2.05, 4.69) is 15.9 Å². The molecule has 3 N–H and O–H groups in total. The molecule has 1 atom stereocenters. The average Bonchev–Trinajstić information content (AvgIpc) is 2.36. The number of halogens is 2. The van der Waals surface area contributed by atoms with E-state index in [-0.39, 0.29) is 25.1 Å². The molecule has 0 unspecified atom stereocenters. The van der Waals surface area contributed by atoms with Gasteiger partial charge in [-0.25, -0.2) is 0 Å². The second-order valence-electron chi connectivity index (χ2n) is 2.29. The number of hydrogen-bond donors (Lipinski definition) is 2. The van der Waals surface area contributed by atoms with Gasteiger partial charge in [0.25, 0.3) is 0 Å². The summed E-state index contributed by atoms with van der Waals surface area (Å²) in [5.41, 5.74) is 5.75. The quantitative estimate of drug-likeness (QED) is 0.887. The number of aliphatic hydroxyl groups excluding tert-OH is 1. The van der Waals surface area contributed by atoms with Crippen LogP contribution in [0.4, 0.5) is 0 Å². The molecular weight excluding hydrogens is 262 g/mol. The third-order valence-electron chi connectivity index (χ3n) is 1.39. The predicted molar refractivity (Wildman–Crippen MR) is 57.9 cm³/mol. The number of thiophene rings is 1. The monoisotopic (exact) mass is 271 g/mol. The number of aliphatic hydroxyl groups is 1. The van der Waals surface area contributed by atoms with Gasteiger partial charge in [0, 0.05) is 27.4 Å². The van der Waals surface area contributed by atoms with E-state index in [0.29, 0.717) is 6.42 Å². The maximum atomic E-state index is 8.62. The van der Waals surface area contributed by atoms with Crippen LogP contribution in [0.2, 0.25) is 0 Å². The highest BCUT2D eigenvalue weighted by Gasteiger charge is 2.06. The fourth-order valence-corrected chi connectivity index (χ4v) is 2.29. The van der Waals surface area contributed by atoms with Crippen LogP contribution in [0, 0.1) is 0 Å². The van der Waals surface area contributed by atoms with Gasteiger partial charge < -0.3 is 10.8 Å². The molecule has 0 aliphatic carbocycles. The van der Waals surface area contributed by atoms with Gasteiger partial charge >= 0.3 is 0 Å². The number of nitrogens with two attached hydrogens (primary N) is 1. The minimum absolute atomic E-state index is 0. The number of rotatable bonds is 3. The van der Waals surface area contributed by atoms with Crippen LogP contribution in [0.5, 0.6) is 0 Å². The predicted octanol–water partition coefficient (Wildman–Crippen LogP) is 2.31. The Hall–Kier alpha value is 0.390. The summed E-state index contributed by atoms with van der Waals surface area (Å²) >= 11 is 4.96. The zero-order chi connectivity index (χ0) is 8.27. The summed E-state index contributed by atoms with van der Waals surface area (Å²) in [6, 6.07) is 1.97. The maximum Gasteiger partial charge on any atom is 0.0449 e. The third kappa shape index (κ3) is 3.41. The summed E-state index contributed by atoms with van der Waals surface area (Å²) in [4.78, 5) is 1.12. The molecule has 0 spiro atoms. The first kappa shape index (κ1) is 12.4. The second-order valence-corrected chi connectivity index (χ2v) is 4.14. The molecule has 1 aromatic rings. The van der Waals surface area contributed by atoms with Crippen LogP contribution in [-0.2, 0) is 0 Å². The van der Waals surface area contributed by atoms with Crippen molar-refractivity contribution >= 4 is 39.7 Å². The lowest BCUT2D eigenvalue weighted by atomic mass is 10.2. The Kier molecular flexibility index (Phi) is 6.13. The topological polar surface area (TPSA) is 46.2 Å². The van der Waals surface area contributed by atoms with Crippen molar-refractivity contribution in [3.63, 3.8) is 0 Å². The first-order valence-corrected chi connectivity index (χ1v) is 5.01. The first-order chi connectivity index (χ1) is 5.24. The van der Waals surface area contributed by atoms with Crippen molar-refractivity contribution < 1.29 is 5.11 Å². The summed E-state index contributed by atoms with van der Waals surface area (Å²) in [5, 5.41) is 10.6. The molecule has 0 aromatic carbocycles. The minimum Gasteiger partial charge on any atom is -0.396 e. The molecule has 2 nitrogen and oxygen atoms in total. The molecule has 0 amide bonds. The summed E-state index contributed by atoms with van der Waals surface area (Å²) in [7, 11) is 0. The van der Waals surface area contributed by atoms with Gasteiger partial charge in [-0.05, 0) is 28.4 Å². The molecule has 0 aliphatic heterocycles. The second kappa shape index (κ2) is 5.94. The van der Waals surface area contributed by atoms with Crippen LogP contribution < -0.4 is 5.73 Å². The molecule has 0 radical (unpaired) electrons. The van der Waals surface area contributed by atoms with Crippen LogP contribution in [0.1, 0.15) is 17.3 Å². The Labute approximate surface area is 90.3 Å². The summed E-state index contributed by atoms with van der Waals surface area (Å²) < 4.78 is 1.06. The van der Waals surface area contributed by atoms with Gasteiger partial charge in [0.15, 0.2) is 0 Å². The van der Waals surface area contributed by atoms with Crippen LogP contribution >= 0.6 is 39.7 Å². The molecule has 12 heavy (non-hydrogen) atoms. The van der Waals surface area contributed by atoms with E-state index in [9.17, 15) is 0 Å². The molecule has 1 rings (SSSR count). The zero-order valence-corrected chi connectivity index (χ0v) is 9.58. The molecule has 1 heterocycles. The fourth-order valence-electron chi connectivity index (χ4n) is 0.804. The van der Waals surface area contributed by atoms with E-state index in [1.807, 2.05) is 11.4 Å². The van der Waals surface area contributed by atoms with Crippen LogP contribution in [-0.4, -0.2) is 11.7 Å². The van der Waals surface area contributed by atoms with E-state index in [0.717, 1.165) is 9.35 Å². The van der Waals surface area contributed by atoms with Crippen molar-refractivity contribution in [1.29, 1.82) is 0 Å². The van der Waals surface area contributed by atoms with Crippen molar-refractivity contribution in [3.05, 3.63) is 20.8 Å². The van der Waals surface area contributed by atoms with E-state index < -0.39 is 0 Å². The normalized spacial score (nSPS) is 12.2. The van der Waals surface area contributed by atoms with Crippen molar-refractivity contribution in [1.82, 2.24) is 0 Å². The molecule has 70 valence electrons. The van der Waals surface area contributed by atoms with Gasteiger partial charge in [-0.1, -0.05) is 0 Å². The van der Waals surface area contributed by atoms with E-state index in [4.69, 9.17) is 10.8 Å². The SMILES string of the molecule is Cl.N[C@@H](CCO)c1cc(Br)cs1. The average molecular weight is 273 g/mol. The van der Waals surface area contributed by atoms with Gasteiger partial charge in [0.2, 0.25) is 0 Å². The standard InChI is InChI=1S/C7H10BrNOS.ClH/c8-5-3-7(11-4-5)6(9)1-2-10;/h3-4,6,10H,1-2,9H2;1H/t6-;/m0./s1. The largest absolute Gasteiger partial charge is 0.396 e. The van der Waals surface area contributed by atoms with Gasteiger partial charge in [-0.3, -0.25) is 0 Å². The van der Waals surface area contributed by atoms with E-state index in [1.54, 1.807) is 11.3 Å². The first-order valence-electron chi connectivity index (χ1n) is 3.34. The fraction of sp³-hybridized carbons (Fsp3) is 0.429. The summed E-state index contributed by atoms with van der Waals surface area (Å²) in [5.74, 6) is 0. The molecule has 5 heteroatoms. The third-order valence-corrected chi connectivity index (χ3v) is 3.22. The van der Waals surface area contributed by atoms with Crippen molar-refractivity contribution in [2.24, 2.45) is 5.73 Å². The van der Waals surface area contributed by atoms with Crippen molar-refractivity contribution in [2.45, 2.75) is 12.5 Å². The van der Waals surface area contributed by atoms with Crippen molar-refractivity contribution in [3.8, 4) is 0 Å². The lowest BCUT2D eigenvalue weighted by Crippen LogP contribution is -2.09. The van der Waals surface area contributed by atoms with Crippen LogP contribution in [0.25, 0.3) is 0 Å². The maximum absolute atomic E-state index is 8.62.